The molecule has 0 bridgehead atoms. The monoisotopic (exact) mass is 867 g/mol. The van der Waals surface area contributed by atoms with Crippen LogP contribution in [0.3, 0.4) is 0 Å². The van der Waals surface area contributed by atoms with Crippen molar-refractivity contribution in [2.75, 3.05) is 0 Å². The molecule has 268 valence electrons. The molecule has 52 heavy (non-hydrogen) atoms. The molecule has 0 aliphatic carbocycles. The molecule has 0 unspecified atom stereocenters. The minimum Gasteiger partial charge on any atom is -0.509 e. The molecule has 0 aliphatic heterocycles. The molecule has 0 fully saturated rings. The van der Waals surface area contributed by atoms with Gasteiger partial charge in [0, 0.05) is 34.5 Å². The van der Waals surface area contributed by atoms with Crippen LogP contribution in [0.2, 0.25) is 0 Å². The number of nitrogens with zero attached hydrogens (tertiary/aromatic N) is 4. The molecule has 7 aromatic rings. The second-order valence-corrected chi connectivity index (χ2v) is 15.1. The summed E-state index contributed by atoms with van der Waals surface area (Å²) in [5, 5.41) is 7.36. The van der Waals surface area contributed by atoms with Gasteiger partial charge in [-0.05, 0) is 109 Å². The largest absolute Gasteiger partial charge is 2.00 e. The molecule has 0 spiro atoms. The predicted molar refractivity (Wildman–Crippen MR) is 211 cm³/mol. The Morgan fingerprint density at radius 1 is 0.712 bits per heavy atom. The van der Waals surface area contributed by atoms with Crippen LogP contribution in [0.25, 0.3) is 44.4 Å². The number of hydrogen-bond acceptors (Lipinski definition) is 3. The fraction of sp³-hybridized carbons (Fsp3) is 0.304. The van der Waals surface area contributed by atoms with Gasteiger partial charge < -0.3 is 9.30 Å². The average molecular weight is 868 g/mol. The van der Waals surface area contributed by atoms with Gasteiger partial charge in [0.1, 0.15) is 5.82 Å². The first-order valence-electron chi connectivity index (χ1n) is 18.2. The quantitative estimate of drug-likeness (QED) is 0.136. The van der Waals surface area contributed by atoms with E-state index in [1.165, 1.54) is 33.4 Å². The van der Waals surface area contributed by atoms with E-state index in [9.17, 15) is 0 Å². The maximum absolute atomic E-state index is 6.65. The third kappa shape index (κ3) is 7.00. The summed E-state index contributed by atoms with van der Waals surface area (Å²) in [6.45, 7) is 22.1. The Morgan fingerprint density at radius 3 is 2.10 bits per heavy atom. The van der Waals surface area contributed by atoms with Crippen LogP contribution >= 0.6 is 0 Å². The number of pyridine rings is 1. The average Bonchev–Trinajstić information content (AvgIpc) is 3.56. The number of ether oxygens (including phenoxy) is 1. The van der Waals surface area contributed by atoms with Gasteiger partial charge in [-0.25, -0.2) is 4.98 Å². The van der Waals surface area contributed by atoms with E-state index in [0.29, 0.717) is 23.3 Å². The van der Waals surface area contributed by atoms with Crippen molar-refractivity contribution in [2.24, 2.45) is 5.92 Å². The van der Waals surface area contributed by atoms with Gasteiger partial charge in [-0.3, -0.25) is 4.68 Å². The second kappa shape index (κ2) is 14.9. The fourth-order valence-electron chi connectivity index (χ4n) is 7.49. The first kappa shape index (κ1) is 37.3. The second-order valence-electron chi connectivity index (χ2n) is 15.1. The molecule has 3 heterocycles. The zero-order chi connectivity index (χ0) is 36.1. The molecule has 3 aromatic heterocycles. The number of aromatic nitrogens is 4. The Bertz CT molecular complexity index is 2390. The third-order valence-corrected chi connectivity index (χ3v) is 9.97. The van der Waals surface area contributed by atoms with E-state index >= 15 is 0 Å². The Labute approximate surface area is 323 Å². The zero-order valence-electron chi connectivity index (χ0n) is 32.0. The van der Waals surface area contributed by atoms with Gasteiger partial charge >= 0.3 is 21.1 Å². The Balaban J connectivity index is 0.00000464. The van der Waals surface area contributed by atoms with Crippen molar-refractivity contribution in [1.29, 1.82) is 0 Å². The minimum atomic E-state index is 0. The number of para-hydroxylation sites is 1. The van der Waals surface area contributed by atoms with Crippen LogP contribution in [-0.2, 0) is 27.5 Å². The van der Waals surface area contributed by atoms with Crippen LogP contribution in [0.4, 0.5) is 0 Å². The van der Waals surface area contributed by atoms with E-state index in [-0.39, 0.29) is 27.0 Å². The summed E-state index contributed by atoms with van der Waals surface area (Å²) in [6, 6.07) is 33.1. The Morgan fingerprint density at radius 2 is 1.40 bits per heavy atom. The zero-order valence-corrected chi connectivity index (χ0v) is 34.2. The number of aryl methyl sites for hydroxylation is 3. The van der Waals surface area contributed by atoms with Crippen molar-refractivity contribution in [3.63, 3.8) is 0 Å². The van der Waals surface area contributed by atoms with E-state index in [0.717, 1.165) is 56.7 Å². The van der Waals surface area contributed by atoms with Crippen LogP contribution in [0.1, 0.15) is 92.6 Å². The van der Waals surface area contributed by atoms with Crippen molar-refractivity contribution in [3.8, 4) is 34.1 Å². The SMILES string of the molecule is Cc1cc(C(C)C)cc(C)c1-c1c(C)nn(-c2[c-]c(Oc3[c-]c4c(cc3)c3ccccc3n4-c3cc(CC(C)C)ccn3)cc(C(C)C)c2)c1C.[Pt+2]. The van der Waals surface area contributed by atoms with Gasteiger partial charge in [-0.1, -0.05) is 77.4 Å². The summed E-state index contributed by atoms with van der Waals surface area (Å²) in [6.07, 6.45) is 2.91. The molecule has 4 aromatic carbocycles. The molecule has 0 radical (unpaired) electrons. The summed E-state index contributed by atoms with van der Waals surface area (Å²) in [4.78, 5) is 4.83. The maximum atomic E-state index is 6.65. The van der Waals surface area contributed by atoms with Crippen LogP contribution in [0.5, 0.6) is 11.5 Å². The molecule has 6 heteroatoms. The van der Waals surface area contributed by atoms with Crippen LogP contribution in [0, 0.1) is 45.7 Å². The van der Waals surface area contributed by atoms with Crippen LogP contribution in [0.15, 0.2) is 79.0 Å². The molecule has 0 aliphatic rings. The Kier molecular flexibility index (Phi) is 10.7. The summed E-state index contributed by atoms with van der Waals surface area (Å²) in [5.74, 6) is 3.45. The molecule has 0 amide bonds. The van der Waals surface area contributed by atoms with E-state index in [2.05, 4.69) is 153 Å². The molecule has 0 atom stereocenters. The molecule has 0 saturated heterocycles. The number of fused-ring (bicyclic) bond motifs is 3. The van der Waals surface area contributed by atoms with Crippen molar-refractivity contribution < 1.29 is 25.8 Å². The van der Waals surface area contributed by atoms with Gasteiger partial charge in [0.05, 0.1) is 5.69 Å². The standard InChI is InChI=1S/C46H48N4O.Pt/c1-27(2)19-34-17-18-47-44(22-34)49-42-14-12-11-13-40(42)41-16-15-38(26-43(41)49)51-39-24-36(29(5)6)23-37(25-39)50-33(10)46(32(9)48-50)45-30(7)20-35(28(3)4)21-31(45)8;/h11-18,20-24,27-29H,19H2,1-10H3;/q-2;+2. The smallest absolute Gasteiger partial charge is 0.509 e. The summed E-state index contributed by atoms with van der Waals surface area (Å²) in [7, 11) is 0. The first-order valence-corrected chi connectivity index (χ1v) is 18.2. The maximum Gasteiger partial charge on any atom is 2.00 e. The van der Waals surface area contributed by atoms with Gasteiger partial charge in [0.15, 0.2) is 0 Å². The molecule has 7 rings (SSSR count). The topological polar surface area (TPSA) is 44.9 Å². The predicted octanol–water partition coefficient (Wildman–Crippen LogP) is 12.1. The van der Waals surface area contributed by atoms with Gasteiger partial charge in [0.2, 0.25) is 0 Å². The molecule has 0 N–H and O–H groups in total. The minimum absolute atomic E-state index is 0. The summed E-state index contributed by atoms with van der Waals surface area (Å²) < 4.78 is 10.9. The van der Waals surface area contributed by atoms with Crippen molar-refractivity contribution in [1.82, 2.24) is 19.3 Å². The fourth-order valence-corrected chi connectivity index (χ4v) is 7.49. The van der Waals surface area contributed by atoms with E-state index in [1.807, 2.05) is 16.9 Å². The summed E-state index contributed by atoms with van der Waals surface area (Å²) in [5.41, 5.74) is 13.8. The van der Waals surface area contributed by atoms with E-state index < -0.39 is 0 Å². The normalized spacial score (nSPS) is 11.7. The van der Waals surface area contributed by atoms with Crippen molar-refractivity contribution in [2.45, 2.75) is 87.5 Å². The Hall–Kier alpha value is -4.47. The summed E-state index contributed by atoms with van der Waals surface area (Å²) >= 11 is 0. The van der Waals surface area contributed by atoms with Crippen LogP contribution < -0.4 is 4.74 Å². The van der Waals surface area contributed by atoms with Crippen LogP contribution in [-0.4, -0.2) is 19.3 Å². The molecular weight excluding hydrogens is 820 g/mol. The van der Waals surface area contributed by atoms with Gasteiger partial charge in [0.25, 0.3) is 0 Å². The van der Waals surface area contributed by atoms with Gasteiger partial charge in [-0.15, -0.1) is 41.3 Å². The third-order valence-electron chi connectivity index (χ3n) is 9.97. The number of hydrogen-bond donors (Lipinski definition) is 0. The molecule has 0 saturated carbocycles. The van der Waals surface area contributed by atoms with E-state index in [1.54, 1.807) is 0 Å². The van der Waals surface area contributed by atoms with Crippen molar-refractivity contribution in [3.05, 3.63) is 130 Å². The first-order chi connectivity index (χ1) is 24.4. The molecule has 5 nitrogen and oxygen atoms in total. The van der Waals surface area contributed by atoms with E-state index in [4.69, 9.17) is 14.8 Å². The molecular formula is C46H48N4OPt. The van der Waals surface area contributed by atoms with Crippen molar-refractivity contribution >= 4 is 21.8 Å². The number of benzene rings is 4. The number of rotatable bonds is 9. The van der Waals surface area contributed by atoms with Gasteiger partial charge in [-0.2, -0.15) is 11.2 Å².